The molecule has 11 atom stereocenters. The first-order valence-electron chi connectivity index (χ1n) is 16.0. The fourth-order valence-electron chi connectivity index (χ4n) is 5.08. The Morgan fingerprint density at radius 1 is 0.696 bits per heavy atom. The molecule has 0 bridgehead atoms. The first-order chi connectivity index (χ1) is 21.9. The number of ether oxygens (including phenoxy) is 4. The van der Waals surface area contributed by atoms with Crippen molar-refractivity contribution in [3.8, 4) is 0 Å². The normalized spacial score (nSPS) is 32.1. The molecule has 0 aromatic rings. The molecule has 2 saturated heterocycles. The van der Waals surface area contributed by atoms with Gasteiger partial charge in [0.15, 0.2) is 12.6 Å². The van der Waals surface area contributed by atoms with Crippen LogP contribution in [0.2, 0.25) is 0 Å². The van der Waals surface area contributed by atoms with Crippen molar-refractivity contribution in [3.05, 3.63) is 12.2 Å². The van der Waals surface area contributed by atoms with Gasteiger partial charge < -0.3 is 70.4 Å². The molecule has 16 heteroatoms. The van der Waals surface area contributed by atoms with Gasteiger partial charge in [-0.2, -0.15) is 0 Å². The highest BCUT2D eigenvalue weighted by atomic mass is 16.7. The SMILES string of the molecule is C=C(C)C(CCCCNC(=O)CCCCOC1OC(CO)C(O)C(O)C1O)NC(=O)CCCCOC1OC(CO)C(O)C(O)C1O. The molecule has 0 radical (unpaired) electrons. The molecule has 0 aromatic carbocycles. The average Bonchev–Trinajstić information content (AvgIpc) is 3.03. The Hall–Kier alpha value is -1.80. The summed E-state index contributed by atoms with van der Waals surface area (Å²) in [6, 6.07) is -0.211. The van der Waals surface area contributed by atoms with Crippen LogP contribution in [-0.2, 0) is 28.5 Å². The van der Waals surface area contributed by atoms with E-state index in [4.69, 9.17) is 18.9 Å². The summed E-state index contributed by atoms with van der Waals surface area (Å²) in [6.07, 6.45) is -8.69. The van der Waals surface area contributed by atoms with Crippen LogP contribution < -0.4 is 10.6 Å². The van der Waals surface area contributed by atoms with Crippen LogP contribution in [0.5, 0.6) is 0 Å². The molecule has 0 aromatic heterocycles. The molecule has 46 heavy (non-hydrogen) atoms. The van der Waals surface area contributed by atoms with E-state index in [0.717, 1.165) is 12.0 Å². The van der Waals surface area contributed by atoms with E-state index in [2.05, 4.69) is 17.2 Å². The first kappa shape index (κ1) is 40.4. The van der Waals surface area contributed by atoms with E-state index in [0.29, 0.717) is 45.1 Å². The van der Waals surface area contributed by atoms with Crippen LogP contribution >= 0.6 is 0 Å². The standard InChI is InChI=1S/C30H54N2O14/c1-17(2)18(32-22(36)11-5-8-14-44-30-28(42)26(40)24(38)20(16-34)46-30)9-3-6-12-31-21(35)10-4-7-13-43-29-27(41)25(39)23(37)19(15-33)45-29/h18-20,23-30,33-34,37-42H,1,3-16H2,2H3,(H,31,35)(H,32,36). The Morgan fingerprint density at radius 2 is 1.17 bits per heavy atom. The number of unbranched alkanes of at least 4 members (excludes halogenated alkanes) is 3. The van der Waals surface area contributed by atoms with Gasteiger partial charge in [-0.3, -0.25) is 9.59 Å². The van der Waals surface area contributed by atoms with E-state index in [1.165, 1.54) is 0 Å². The number of rotatable bonds is 21. The third-order valence-corrected chi connectivity index (χ3v) is 8.03. The van der Waals surface area contributed by atoms with E-state index in [-0.39, 0.29) is 43.9 Å². The lowest BCUT2D eigenvalue weighted by Crippen LogP contribution is -2.59. The minimum atomic E-state index is -1.51. The molecule has 16 nitrogen and oxygen atoms in total. The van der Waals surface area contributed by atoms with Crippen molar-refractivity contribution in [2.75, 3.05) is 33.0 Å². The molecular formula is C30H54N2O14. The summed E-state index contributed by atoms with van der Waals surface area (Å²) in [5, 5.41) is 83.5. The number of hydrogen-bond acceptors (Lipinski definition) is 14. The Balaban J connectivity index is 1.52. The zero-order valence-electron chi connectivity index (χ0n) is 26.5. The van der Waals surface area contributed by atoms with Crippen LogP contribution in [0, 0.1) is 0 Å². The van der Waals surface area contributed by atoms with Gasteiger partial charge in [0, 0.05) is 38.6 Å². The fraction of sp³-hybridized carbons (Fsp3) is 0.867. The molecule has 2 aliphatic heterocycles. The Bertz CT molecular complexity index is 909. The monoisotopic (exact) mass is 666 g/mol. The number of carbonyl (C=O) groups is 2. The van der Waals surface area contributed by atoms with E-state index in [1.807, 2.05) is 6.92 Å². The van der Waals surface area contributed by atoms with E-state index in [9.17, 15) is 50.4 Å². The van der Waals surface area contributed by atoms with Gasteiger partial charge in [-0.15, -0.1) is 0 Å². The topological polar surface area (TPSA) is 257 Å². The third kappa shape index (κ3) is 13.0. The number of amides is 2. The van der Waals surface area contributed by atoms with Crippen LogP contribution in [0.15, 0.2) is 12.2 Å². The molecule has 2 heterocycles. The van der Waals surface area contributed by atoms with Crippen molar-refractivity contribution < 1.29 is 69.4 Å². The highest BCUT2D eigenvalue weighted by Crippen LogP contribution is 2.23. The lowest BCUT2D eigenvalue weighted by atomic mass is 9.99. The van der Waals surface area contributed by atoms with Gasteiger partial charge in [0.2, 0.25) is 11.8 Å². The quantitative estimate of drug-likeness (QED) is 0.0442. The molecule has 0 aliphatic carbocycles. The molecule has 2 aliphatic rings. The number of aliphatic hydroxyl groups excluding tert-OH is 8. The summed E-state index contributed by atoms with van der Waals surface area (Å²) < 4.78 is 21.4. The summed E-state index contributed by atoms with van der Waals surface area (Å²) in [5.74, 6) is -0.266. The maximum Gasteiger partial charge on any atom is 0.220 e. The van der Waals surface area contributed by atoms with Crippen molar-refractivity contribution in [1.82, 2.24) is 10.6 Å². The van der Waals surface area contributed by atoms with Crippen LogP contribution in [-0.4, -0.2) is 153 Å². The molecule has 268 valence electrons. The second-order valence-electron chi connectivity index (χ2n) is 11.9. The highest BCUT2D eigenvalue weighted by molar-refractivity contribution is 5.76. The van der Waals surface area contributed by atoms with Crippen LogP contribution in [0.4, 0.5) is 0 Å². The number of nitrogens with one attached hydrogen (secondary N) is 2. The second-order valence-corrected chi connectivity index (χ2v) is 11.9. The molecule has 0 saturated carbocycles. The fourth-order valence-corrected chi connectivity index (χ4v) is 5.08. The molecule has 2 rings (SSSR count). The summed E-state index contributed by atoms with van der Waals surface area (Å²) in [7, 11) is 0. The smallest absolute Gasteiger partial charge is 0.220 e. The molecular weight excluding hydrogens is 612 g/mol. The van der Waals surface area contributed by atoms with Crippen molar-refractivity contribution in [2.45, 2.75) is 132 Å². The second kappa shape index (κ2) is 21.2. The van der Waals surface area contributed by atoms with Gasteiger partial charge in [-0.25, -0.2) is 0 Å². The van der Waals surface area contributed by atoms with Gasteiger partial charge in [-0.1, -0.05) is 12.2 Å². The number of carbonyl (C=O) groups excluding carboxylic acids is 2. The predicted molar refractivity (Wildman–Crippen MR) is 161 cm³/mol. The van der Waals surface area contributed by atoms with Gasteiger partial charge in [0.25, 0.3) is 0 Å². The molecule has 2 amide bonds. The average molecular weight is 667 g/mol. The van der Waals surface area contributed by atoms with Crippen molar-refractivity contribution in [3.63, 3.8) is 0 Å². The van der Waals surface area contributed by atoms with Crippen molar-refractivity contribution in [1.29, 1.82) is 0 Å². The van der Waals surface area contributed by atoms with E-state index >= 15 is 0 Å². The maximum atomic E-state index is 12.5. The zero-order valence-corrected chi connectivity index (χ0v) is 26.5. The van der Waals surface area contributed by atoms with Crippen molar-refractivity contribution >= 4 is 11.8 Å². The zero-order chi connectivity index (χ0) is 34.2. The number of hydrogen-bond donors (Lipinski definition) is 10. The largest absolute Gasteiger partial charge is 0.394 e. The van der Waals surface area contributed by atoms with Gasteiger partial charge >= 0.3 is 0 Å². The maximum absolute atomic E-state index is 12.5. The third-order valence-electron chi connectivity index (χ3n) is 8.03. The van der Waals surface area contributed by atoms with Crippen molar-refractivity contribution in [2.24, 2.45) is 0 Å². The number of aliphatic hydroxyl groups is 8. The lowest BCUT2D eigenvalue weighted by molar-refractivity contribution is -0.301. The van der Waals surface area contributed by atoms with Gasteiger partial charge in [-0.05, 0) is 51.9 Å². The highest BCUT2D eigenvalue weighted by Gasteiger charge is 2.45. The van der Waals surface area contributed by atoms with Gasteiger partial charge in [0.05, 0.1) is 13.2 Å². The molecule has 0 spiro atoms. The summed E-state index contributed by atoms with van der Waals surface area (Å²) in [4.78, 5) is 24.6. The predicted octanol–water partition coefficient (Wildman–Crippen LogP) is -2.69. The van der Waals surface area contributed by atoms with E-state index < -0.39 is 74.6 Å². The van der Waals surface area contributed by atoms with Crippen LogP contribution in [0.3, 0.4) is 0 Å². The van der Waals surface area contributed by atoms with Crippen LogP contribution in [0.25, 0.3) is 0 Å². The van der Waals surface area contributed by atoms with Crippen LogP contribution in [0.1, 0.15) is 64.7 Å². The lowest BCUT2D eigenvalue weighted by Gasteiger charge is -2.39. The molecule has 2 fully saturated rings. The van der Waals surface area contributed by atoms with Gasteiger partial charge in [0.1, 0.15) is 48.8 Å². The summed E-state index contributed by atoms with van der Waals surface area (Å²) >= 11 is 0. The van der Waals surface area contributed by atoms with E-state index in [1.54, 1.807) is 0 Å². The first-order valence-corrected chi connectivity index (χ1v) is 16.0. The Kier molecular flexibility index (Phi) is 18.6. The molecule has 11 unspecified atom stereocenters. The minimum Gasteiger partial charge on any atom is -0.394 e. The molecule has 10 N–H and O–H groups in total. The minimum absolute atomic E-state index is 0.117. The summed E-state index contributed by atoms with van der Waals surface area (Å²) in [6.45, 7) is 5.49. The Morgan fingerprint density at radius 3 is 1.63 bits per heavy atom. The Labute approximate surface area is 269 Å². The summed E-state index contributed by atoms with van der Waals surface area (Å²) in [5.41, 5.74) is 0.814.